The van der Waals surface area contributed by atoms with E-state index in [1.54, 1.807) is 50.5 Å². The fourth-order valence-corrected chi connectivity index (χ4v) is 2.03. The maximum atomic E-state index is 12.0. The molecule has 0 bridgehead atoms. The third-order valence-corrected chi connectivity index (χ3v) is 3.60. The summed E-state index contributed by atoms with van der Waals surface area (Å²) in [6.07, 6.45) is 0. The second kappa shape index (κ2) is 6.24. The number of nitrogen functional groups attached to an aromatic ring is 1. The van der Waals surface area contributed by atoms with Gasteiger partial charge in [-0.2, -0.15) is 0 Å². The molecule has 0 heterocycles. The van der Waals surface area contributed by atoms with Crippen LogP contribution in [0.3, 0.4) is 0 Å². The van der Waals surface area contributed by atoms with E-state index in [4.69, 9.17) is 33.7 Å². The maximum Gasteiger partial charge on any atom is 0.253 e. The first kappa shape index (κ1) is 15.5. The first-order valence-electron chi connectivity index (χ1n) is 6.13. The molecule has 2 aromatic carbocycles. The molecule has 0 atom stereocenters. The van der Waals surface area contributed by atoms with Gasteiger partial charge in [0.05, 0.1) is 10.7 Å². The number of carbonyl (C=O) groups excluding carboxylic acids is 1. The highest BCUT2D eigenvalue weighted by Gasteiger charge is 2.13. The van der Waals surface area contributed by atoms with Crippen LogP contribution >= 0.6 is 23.2 Å². The number of halogens is 2. The molecule has 4 nitrogen and oxygen atoms in total. The van der Waals surface area contributed by atoms with E-state index in [1.165, 1.54) is 4.90 Å². The summed E-state index contributed by atoms with van der Waals surface area (Å²) < 4.78 is 5.68. The van der Waals surface area contributed by atoms with E-state index in [0.717, 1.165) is 0 Å². The number of anilines is 1. The van der Waals surface area contributed by atoms with Crippen molar-refractivity contribution >= 4 is 34.8 Å². The summed E-state index contributed by atoms with van der Waals surface area (Å²) in [6, 6.07) is 9.89. The van der Waals surface area contributed by atoms with Crippen molar-refractivity contribution in [2.75, 3.05) is 19.8 Å². The summed E-state index contributed by atoms with van der Waals surface area (Å²) in [7, 11) is 3.35. The third-order valence-electron chi connectivity index (χ3n) is 2.80. The van der Waals surface area contributed by atoms with Crippen molar-refractivity contribution in [1.82, 2.24) is 4.90 Å². The Balaban J connectivity index is 2.38. The lowest BCUT2D eigenvalue weighted by molar-refractivity contribution is 0.0827. The summed E-state index contributed by atoms with van der Waals surface area (Å²) in [5.41, 5.74) is 6.75. The molecule has 2 aromatic rings. The summed E-state index contributed by atoms with van der Waals surface area (Å²) in [4.78, 5) is 13.4. The van der Waals surface area contributed by atoms with Crippen molar-refractivity contribution in [2.45, 2.75) is 0 Å². The molecule has 2 N–H and O–H groups in total. The number of hydrogen-bond donors (Lipinski definition) is 1. The monoisotopic (exact) mass is 324 g/mol. The van der Waals surface area contributed by atoms with Gasteiger partial charge in [0.2, 0.25) is 0 Å². The van der Waals surface area contributed by atoms with Crippen LogP contribution in [0, 0.1) is 0 Å². The van der Waals surface area contributed by atoms with Gasteiger partial charge in [-0.1, -0.05) is 29.3 Å². The van der Waals surface area contributed by atoms with Crippen LogP contribution in [0.25, 0.3) is 0 Å². The zero-order chi connectivity index (χ0) is 15.6. The highest BCUT2D eigenvalue weighted by molar-refractivity contribution is 6.42. The van der Waals surface area contributed by atoms with Crippen molar-refractivity contribution in [3.8, 4) is 11.5 Å². The number of rotatable bonds is 3. The molecule has 0 saturated carbocycles. The lowest BCUT2D eigenvalue weighted by atomic mass is 10.1. The molecule has 0 saturated heterocycles. The minimum atomic E-state index is -0.142. The van der Waals surface area contributed by atoms with Crippen molar-refractivity contribution in [1.29, 1.82) is 0 Å². The largest absolute Gasteiger partial charge is 0.454 e. The van der Waals surface area contributed by atoms with E-state index >= 15 is 0 Å². The van der Waals surface area contributed by atoms with Crippen LogP contribution in [0.15, 0.2) is 36.4 Å². The van der Waals surface area contributed by atoms with Gasteiger partial charge in [0.25, 0.3) is 5.91 Å². The number of nitrogens with zero attached hydrogens (tertiary/aromatic N) is 1. The van der Waals surface area contributed by atoms with E-state index < -0.39 is 0 Å². The van der Waals surface area contributed by atoms with E-state index in [2.05, 4.69) is 0 Å². The van der Waals surface area contributed by atoms with E-state index in [1.807, 2.05) is 0 Å². The van der Waals surface area contributed by atoms with Crippen LogP contribution in [-0.4, -0.2) is 24.9 Å². The number of carbonyl (C=O) groups is 1. The Bertz CT molecular complexity index is 687. The van der Waals surface area contributed by atoms with Crippen molar-refractivity contribution < 1.29 is 9.53 Å². The minimum Gasteiger partial charge on any atom is -0.454 e. The Morgan fingerprint density at radius 3 is 2.52 bits per heavy atom. The summed E-state index contributed by atoms with van der Waals surface area (Å²) in [5.74, 6) is 0.592. The topological polar surface area (TPSA) is 55.6 Å². The van der Waals surface area contributed by atoms with E-state index in [9.17, 15) is 4.79 Å². The smallest absolute Gasteiger partial charge is 0.253 e. The maximum absolute atomic E-state index is 12.0. The Kier molecular flexibility index (Phi) is 4.60. The van der Waals surface area contributed by atoms with Gasteiger partial charge in [-0.25, -0.2) is 0 Å². The predicted molar refractivity (Wildman–Crippen MR) is 85.4 cm³/mol. The normalized spacial score (nSPS) is 10.3. The van der Waals surface area contributed by atoms with Gasteiger partial charge in [-0.3, -0.25) is 4.79 Å². The Morgan fingerprint density at radius 1 is 1.14 bits per heavy atom. The second-order valence-electron chi connectivity index (χ2n) is 4.61. The molecule has 0 radical (unpaired) electrons. The molecule has 110 valence electrons. The standard InChI is InChI=1S/C15H14Cl2N2O2/c1-19(2)15(20)9-6-7-11(18)13(8-9)21-12-5-3-4-10(16)14(12)17/h3-8H,18H2,1-2H3. The minimum absolute atomic E-state index is 0.142. The van der Waals surface area contributed by atoms with Gasteiger partial charge >= 0.3 is 0 Å². The van der Waals surface area contributed by atoms with Gasteiger partial charge in [0.15, 0.2) is 5.75 Å². The average Bonchev–Trinajstić information content (AvgIpc) is 2.45. The first-order valence-corrected chi connectivity index (χ1v) is 6.89. The van der Waals surface area contributed by atoms with Crippen LogP contribution < -0.4 is 10.5 Å². The van der Waals surface area contributed by atoms with Crippen LogP contribution in [0.4, 0.5) is 5.69 Å². The van der Waals surface area contributed by atoms with Crippen LogP contribution in [-0.2, 0) is 0 Å². The highest BCUT2D eigenvalue weighted by atomic mass is 35.5. The number of nitrogens with two attached hydrogens (primary N) is 1. The van der Waals surface area contributed by atoms with Gasteiger partial charge in [-0.05, 0) is 30.3 Å². The first-order chi connectivity index (χ1) is 9.90. The van der Waals surface area contributed by atoms with Gasteiger partial charge in [0.1, 0.15) is 10.8 Å². The van der Waals surface area contributed by atoms with Crippen LogP contribution in [0.2, 0.25) is 10.0 Å². The van der Waals surface area contributed by atoms with E-state index in [0.29, 0.717) is 32.8 Å². The average molecular weight is 325 g/mol. The lowest BCUT2D eigenvalue weighted by Crippen LogP contribution is -2.21. The van der Waals surface area contributed by atoms with Crippen molar-refractivity contribution in [3.63, 3.8) is 0 Å². The molecule has 0 aliphatic heterocycles. The highest BCUT2D eigenvalue weighted by Crippen LogP contribution is 2.36. The zero-order valence-electron chi connectivity index (χ0n) is 11.6. The SMILES string of the molecule is CN(C)C(=O)c1ccc(N)c(Oc2cccc(Cl)c2Cl)c1. The molecule has 1 amide bonds. The molecule has 0 fully saturated rings. The summed E-state index contributed by atoms with van der Waals surface area (Å²) >= 11 is 12.0. The quantitative estimate of drug-likeness (QED) is 0.866. The number of hydrogen-bond acceptors (Lipinski definition) is 3. The second-order valence-corrected chi connectivity index (χ2v) is 5.39. The number of benzene rings is 2. The van der Waals surface area contributed by atoms with Gasteiger partial charge < -0.3 is 15.4 Å². The Labute approximate surface area is 133 Å². The fourth-order valence-electron chi connectivity index (χ4n) is 1.70. The molecule has 0 aromatic heterocycles. The third kappa shape index (κ3) is 3.40. The summed E-state index contributed by atoms with van der Waals surface area (Å²) in [5, 5.41) is 0.677. The van der Waals surface area contributed by atoms with Crippen LogP contribution in [0.1, 0.15) is 10.4 Å². The van der Waals surface area contributed by atoms with Crippen molar-refractivity contribution in [2.24, 2.45) is 0 Å². The van der Waals surface area contributed by atoms with Crippen LogP contribution in [0.5, 0.6) is 11.5 Å². The molecule has 6 heteroatoms. The molecule has 0 aliphatic rings. The van der Waals surface area contributed by atoms with Crippen molar-refractivity contribution in [3.05, 3.63) is 52.0 Å². The van der Waals surface area contributed by atoms with Gasteiger partial charge in [-0.15, -0.1) is 0 Å². The molecule has 2 rings (SSSR count). The van der Waals surface area contributed by atoms with E-state index in [-0.39, 0.29) is 5.91 Å². The number of amides is 1. The molecule has 0 unspecified atom stereocenters. The molecular weight excluding hydrogens is 311 g/mol. The zero-order valence-corrected chi connectivity index (χ0v) is 13.1. The summed E-state index contributed by atoms with van der Waals surface area (Å²) in [6.45, 7) is 0. The molecule has 0 spiro atoms. The Hall–Kier alpha value is -1.91. The predicted octanol–water partition coefficient (Wildman–Crippen LogP) is 4.07. The fraction of sp³-hybridized carbons (Fsp3) is 0.133. The molecular formula is C15H14Cl2N2O2. The number of ether oxygens (including phenoxy) is 1. The molecule has 0 aliphatic carbocycles. The Morgan fingerprint density at radius 2 is 1.86 bits per heavy atom. The molecule has 21 heavy (non-hydrogen) atoms. The van der Waals surface area contributed by atoms with Gasteiger partial charge in [0, 0.05) is 19.7 Å². The lowest BCUT2D eigenvalue weighted by Gasteiger charge is -2.14.